The van der Waals surface area contributed by atoms with Gasteiger partial charge in [0.15, 0.2) is 5.15 Å². The Hall–Kier alpha value is -4.66. The topological polar surface area (TPSA) is 161 Å². The van der Waals surface area contributed by atoms with Gasteiger partial charge in [-0.15, -0.1) is 10.2 Å². The average molecular weight is 620 g/mol. The van der Waals surface area contributed by atoms with Crippen LogP contribution in [0, 0.1) is 0 Å². The van der Waals surface area contributed by atoms with Crippen LogP contribution in [0.1, 0.15) is 42.4 Å². The molecule has 0 radical (unpaired) electrons. The van der Waals surface area contributed by atoms with Crippen molar-refractivity contribution in [2.24, 2.45) is 0 Å². The van der Waals surface area contributed by atoms with Gasteiger partial charge in [-0.05, 0) is 46.0 Å². The van der Waals surface area contributed by atoms with E-state index in [2.05, 4.69) is 37.4 Å². The first-order valence-corrected chi connectivity index (χ1v) is 14.2. The Bertz CT molecular complexity index is 1680. The van der Waals surface area contributed by atoms with Gasteiger partial charge in [0.25, 0.3) is 0 Å². The van der Waals surface area contributed by atoms with Crippen molar-refractivity contribution in [3.8, 4) is 28.3 Å². The summed E-state index contributed by atoms with van der Waals surface area (Å²) in [5, 5.41) is 31.8. The van der Waals surface area contributed by atoms with Gasteiger partial charge in [-0.3, -0.25) is 10.4 Å². The lowest BCUT2D eigenvalue weighted by atomic mass is 9.98. The van der Waals surface area contributed by atoms with Crippen LogP contribution in [0.5, 0.6) is 5.75 Å². The molecule has 13 nitrogen and oxygen atoms in total. The van der Waals surface area contributed by atoms with E-state index >= 15 is 0 Å². The molecular formula is C30H30ClN7O6. The van der Waals surface area contributed by atoms with Crippen molar-refractivity contribution in [1.29, 1.82) is 0 Å². The monoisotopic (exact) mass is 619 g/mol. The molecule has 228 valence electrons. The van der Waals surface area contributed by atoms with E-state index < -0.39 is 11.5 Å². The summed E-state index contributed by atoms with van der Waals surface area (Å²) in [6, 6.07) is 22.3. The number of carbonyl (C=O) groups is 1. The molecule has 3 aromatic carbocycles. The molecule has 2 aromatic heterocycles. The number of benzene rings is 3. The fraction of sp³-hybridized carbons (Fsp3) is 0.233. The number of aromatic amines is 1. The number of ether oxygens (including phenoxy) is 2. The first-order chi connectivity index (χ1) is 21.4. The van der Waals surface area contributed by atoms with E-state index in [1.807, 2.05) is 53.1 Å². The molecule has 0 saturated carbocycles. The standard InChI is InChI=1S/C30H30ClN7O6/c1-2-3-11-27-32-28(31)26(19-42-30(39)44-23-8-6-7-21(16-23)18-43-38(40)41)37(27)17-20-12-14-22(15-13-20)24-9-4-5-10-25(24)29-33-35-36-34-29/h4-10,12-16,40-41H,2-3,11,17-19H2,1H3,(H,33,34,35,36). The van der Waals surface area contributed by atoms with Gasteiger partial charge in [0.2, 0.25) is 5.82 Å². The van der Waals surface area contributed by atoms with Crippen molar-refractivity contribution in [2.45, 2.75) is 45.9 Å². The van der Waals surface area contributed by atoms with Gasteiger partial charge in [-0.2, -0.15) is 5.21 Å². The second kappa shape index (κ2) is 14.7. The maximum atomic E-state index is 12.6. The zero-order chi connectivity index (χ0) is 30.9. The zero-order valence-corrected chi connectivity index (χ0v) is 24.5. The van der Waals surface area contributed by atoms with Crippen LogP contribution < -0.4 is 4.74 Å². The molecule has 0 aliphatic carbocycles. The molecule has 0 fully saturated rings. The van der Waals surface area contributed by atoms with Crippen LogP contribution in [0.3, 0.4) is 0 Å². The number of aryl methyl sites for hydroxylation is 1. The number of tetrazole rings is 1. The molecule has 0 amide bonds. The first-order valence-electron chi connectivity index (χ1n) is 13.8. The summed E-state index contributed by atoms with van der Waals surface area (Å²) >= 11 is 6.55. The third-order valence-electron chi connectivity index (χ3n) is 6.75. The molecule has 3 N–H and O–H groups in total. The van der Waals surface area contributed by atoms with Crippen LogP contribution in [0.4, 0.5) is 4.79 Å². The van der Waals surface area contributed by atoms with Crippen LogP contribution in [-0.2, 0) is 35.8 Å². The molecule has 0 bridgehead atoms. The minimum absolute atomic E-state index is 0.152. The number of nitrogens with zero attached hydrogens (tertiary/aromatic N) is 6. The van der Waals surface area contributed by atoms with E-state index in [4.69, 9.17) is 31.5 Å². The van der Waals surface area contributed by atoms with Gasteiger partial charge in [0.1, 0.15) is 18.2 Å². The summed E-state index contributed by atoms with van der Waals surface area (Å²) in [6.07, 6.45) is 1.68. The maximum absolute atomic E-state index is 12.6. The number of carbonyl (C=O) groups excluding carboxylic acids is 1. The molecule has 44 heavy (non-hydrogen) atoms. The normalized spacial score (nSPS) is 11.2. The lowest BCUT2D eigenvalue weighted by Gasteiger charge is -2.14. The number of H-pyrrole nitrogens is 1. The third kappa shape index (κ3) is 7.83. The molecule has 5 rings (SSSR count). The Kier molecular flexibility index (Phi) is 10.3. The summed E-state index contributed by atoms with van der Waals surface area (Å²) in [5.74, 6) is 1.51. The number of aromatic nitrogens is 6. The molecule has 0 atom stereocenters. The third-order valence-corrected chi connectivity index (χ3v) is 7.05. The van der Waals surface area contributed by atoms with Crippen LogP contribution in [0.15, 0.2) is 72.8 Å². The number of hydrogen-bond donors (Lipinski definition) is 3. The Morgan fingerprint density at radius 1 is 1.00 bits per heavy atom. The van der Waals surface area contributed by atoms with E-state index in [1.54, 1.807) is 18.2 Å². The molecule has 0 spiro atoms. The second-order valence-corrected chi connectivity index (χ2v) is 10.1. The van der Waals surface area contributed by atoms with Crippen molar-refractivity contribution >= 4 is 17.8 Å². The summed E-state index contributed by atoms with van der Waals surface area (Å²) < 4.78 is 12.7. The second-order valence-electron chi connectivity index (χ2n) is 9.75. The minimum Gasteiger partial charge on any atom is -0.427 e. The molecule has 0 aliphatic rings. The maximum Gasteiger partial charge on any atom is 0.514 e. The smallest absolute Gasteiger partial charge is 0.427 e. The molecule has 0 unspecified atom stereocenters. The molecule has 0 saturated heterocycles. The summed E-state index contributed by atoms with van der Waals surface area (Å²) in [7, 11) is 0. The lowest BCUT2D eigenvalue weighted by molar-refractivity contribution is -0.497. The highest BCUT2D eigenvalue weighted by Gasteiger charge is 2.19. The summed E-state index contributed by atoms with van der Waals surface area (Å²) in [4.78, 5) is 21.7. The lowest BCUT2D eigenvalue weighted by Crippen LogP contribution is -2.15. The van der Waals surface area contributed by atoms with Crippen LogP contribution in [0.2, 0.25) is 5.15 Å². The molecule has 0 aliphatic heterocycles. The molecule has 14 heteroatoms. The number of imidazole rings is 1. The quantitative estimate of drug-likeness (QED) is 0.0805. The largest absolute Gasteiger partial charge is 0.514 e. The zero-order valence-electron chi connectivity index (χ0n) is 23.8. The van der Waals surface area contributed by atoms with Crippen LogP contribution >= 0.6 is 11.6 Å². The fourth-order valence-electron chi connectivity index (χ4n) is 4.62. The van der Waals surface area contributed by atoms with Crippen molar-refractivity contribution in [3.05, 3.63) is 101 Å². The number of unbranched alkanes of at least 4 members (excludes halogenated alkanes) is 1. The van der Waals surface area contributed by atoms with Crippen LogP contribution in [-0.4, -0.2) is 52.1 Å². The SMILES string of the molecule is CCCCc1nc(Cl)c(COC(=O)Oc2cccc(CON(O)O)c2)n1Cc1ccc(-c2ccccc2-c2nn[nH]n2)cc1. The van der Waals surface area contributed by atoms with E-state index in [0.717, 1.165) is 40.9 Å². The van der Waals surface area contributed by atoms with Gasteiger partial charge in [0.05, 0.1) is 17.7 Å². The summed E-state index contributed by atoms with van der Waals surface area (Å²) in [6.45, 7) is 2.26. The van der Waals surface area contributed by atoms with Crippen molar-refractivity contribution in [3.63, 3.8) is 0 Å². The van der Waals surface area contributed by atoms with E-state index in [1.165, 1.54) is 6.07 Å². The van der Waals surface area contributed by atoms with Crippen molar-refractivity contribution < 1.29 is 29.5 Å². The van der Waals surface area contributed by atoms with Gasteiger partial charge in [0, 0.05) is 18.5 Å². The van der Waals surface area contributed by atoms with E-state index in [0.29, 0.717) is 30.0 Å². The average Bonchev–Trinajstić information content (AvgIpc) is 3.67. The number of hydrogen-bond acceptors (Lipinski definition) is 11. The van der Waals surface area contributed by atoms with E-state index in [-0.39, 0.29) is 24.1 Å². The Balaban J connectivity index is 1.30. The number of nitrogens with one attached hydrogen (secondary N) is 1. The Morgan fingerprint density at radius 3 is 2.52 bits per heavy atom. The van der Waals surface area contributed by atoms with E-state index in [9.17, 15) is 4.79 Å². The number of halogens is 1. The van der Waals surface area contributed by atoms with Gasteiger partial charge < -0.3 is 14.0 Å². The predicted molar refractivity (Wildman–Crippen MR) is 157 cm³/mol. The van der Waals surface area contributed by atoms with Crippen LogP contribution in [0.25, 0.3) is 22.5 Å². The molecule has 2 heterocycles. The van der Waals surface area contributed by atoms with Crippen molar-refractivity contribution in [2.75, 3.05) is 0 Å². The van der Waals surface area contributed by atoms with Gasteiger partial charge in [-0.25, -0.2) is 14.6 Å². The highest BCUT2D eigenvalue weighted by Crippen LogP contribution is 2.30. The van der Waals surface area contributed by atoms with Gasteiger partial charge in [-0.1, -0.05) is 85.6 Å². The highest BCUT2D eigenvalue weighted by atomic mass is 35.5. The van der Waals surface area contributed by atoms with Crippen molar-refractivity contribution in [1.82, 2.24) is 35.6 Å². The Labute approximate surface area is 257 Å². The first kappa shape index (κ1) is 30.8. The highest BCUT2D eigenvalue weighted by molar-refractivity contribution is 6.30. The molecular weight excluding hydrogens is 590 g/mol. The number of rotatable bonds is 13. The summed E-state index contributed by atoms with van der Waals surface area (Å²) in [5.41, 5.74) is 4.93. The minimum atomic E-state index is -0.933. The predicted octanol–water partition coefficient (Wildman–Crippen LogP) is 6.00. The van der Waals surface area contributed by atoms with Gasteiger partial charge >= 0.3 is 6.16 Å². The molecule has 5 aromatic rings. The Morgan fingerprint density at radius 2 is 1.80 bits per heavy atom. The fourth-order valence-corrected chi connectivity index (χ4v) is 4.87.